The predicted molar refractivity (Wildman–Crippen MR) is 80.0 cm³/mol. The van der Waals surface area contributed by atoms with Crippen LogP contribution in [-0.2, 0) is 0 Å². The maximum atomic E-state index is 13.0. The molecule has 1 N–H and O–H groups in total. The number of benzene rings is 2. The second-order valence-electron chi connectivity index (χ2n) is 3.73. The third-order valence-electron chi connectivity index (χ3n) is 2.51. The van der Waals surface area contributed by atoms with Gasteiger partial charge in [0, 0.05) is 19.0 Å². The quantitative estimate of drug-likeness (QED) is 0.683. The molecule has 2 aromatic rings. The van der Waals surface area contributed by atoms with Gasteiger partial charge < -0.3 is 5.11 Å². The van der Waals surface area contributed by atoms with E-state index < -0.39 is 6.10 Å². The molecule has 0 aliphatic rings. The number of hydrogen-bond donors (Lipinski definition) is 1. The molecule has 0 aromatic heterocycles. The predicted octanol–water partition coefficient (Wildman–Crippen LogP) is 5.19. The fraction of sp³-hybridized carbons (Fsp3) is 0.0769. The van der Waals surface area contributed by atoms with Crippen LogP contribution < -0.4 is 0 Å². The maximum Gasteiger partial charge on any atom is 0.124 e. The molecular weight excluding hydrogens is 431 g/mol. The topological polar surface area (TPSA) is 20.2 Å². The van der Waals surface area contributed by atoms with Crippen molar-refractivity contribution in [2.45, 2.75) is 6.10 Å². The van der Waals surface area contributed by atoms with Crippen molar-refractivity contribution in [3.8, 4) is 0 Å². The Morgan fingerprint density at radius 1 is 0.889 bits per heavy atom. The van der Waals surface area contributed by atoms with E-state index in [0.717, 1.165) is 14.5 Å². The van der Waals surface area contributed by atoms with Crippen LogP contribution in [0.25, 0.3) is 0 Å². The van der Waals surface area contributed by atoms with E-state index in [-0.39, 0.29) is 5.82 Å². The van der Waals surface area contributed by atoms with E-state index in [0.29, 0.717) is 10.0 Å². The molecule has 0 heterocycles. The molecule has 0 saturated carbocycles. The maximum absolute atomic E-state index is 13.0. The van der Waals surface area contributed by atoms with Gasteiger partial charge in [0.2, 0.25) is 0 Å². The fourth-order valence-corrected chi connectivity index (χ4v) is 3.02. The van der Waals surface area contributed by atoms with E-state index in [4.69, 9.17) is 0 Å². The molecule has 0 amide bonds. The summed E-state index contributed by atoms with van der Waals surface area (Å²) < 4.78 is 15.2. The highest BCUT2D eigenvalue weighted by atomic mass is 79.9. The van der Waals surface area contributed by atoms with Gasteiger partial charge in [-0.2, -0.15) is 0 Å². The Morgan fingerprint density at radius 2 is 1.61 bits per heavy atom. The van der Waals surface area contributed by atoms with Crippen LogP contribution in [0.2, 0.25) is 0 Å². The molecule has 1 nitrogen and oxygen atoms in total. The molecule has 1 unspecified atom stereocenters. The minimum atomic E-state index is -0.827. The summed E-state index contributed by atoms with van der Waals surface area (Å²) in [7, 11) is 0. The summed E-state index contributed by atoms with van der Waals surface area (Å²) in [4.78, 5) is 0. The first kappa shape index (κ1) is 14.2. The monoisotopic (exact) mass is 436 g/mol. The molecule has 18 heavy (non-hydrogen) atoms. The van der Waals surface area contributed by atoms with Crippen molar-refractivity contribution in [2.75, 3.05) is 0 Å². The zero-order chi connectivity index (χ0) is 13.3. The third-order valence-corrected chi connectivity index (χ3v) is 4.41. The molecule has 0 radical (unpaired) electrons. The minimum absolute atomic E-state index is 0.342. The van der Waals surface area contributed by atoms with Crippen LogP contribution in [0, 0.1) is 5.82 Å². The Bertz CT molecular complexity index is 586. The van der Waals surface area contributed by atoms with Crippen molar-refractivity contribution >= 4 is 47.8 Å². The van der Waals surface area contributed by atoms with Gasteiger partial charge in [0.15, 0.2) is 0 Å². The van der Waals surface area contributed by atoms with Gasteiger partial charge >= 0.3 is 0 Å². The van der Waals surface area contributed by atoms with Gasteiger partial charge in [0.1, 0.15) is 11.9 Å². The van der Waals surface area contributed by atoms with Gasteiger partial charge in [-0.25, -0.2) is 4.39 Å². The molecule has 0 aliphatic carbocycles. The van der Waals surface area contributed by atoms with Crippen LogP contribution in [0.4, 0.5) is 4.39 Å². The van der Waals surface area contributed by atoms with Gasteiger partial charge in [0.05, 0.1) is 0 Å². The Labute approximate surface area is 129 Å². The van der Waals surface area contributed by atoms with Crippen molar-refractivity contribution in [1.82, 2.24) is 0 Å². The number of aliphatic hydroxyl groups is 1. The molecule has 1 atom stereocenters. The van der Waals surface area contributed by atoms with Crippen molar-refractivity contribution in [3.05, 3.63) is 66.8 Å². The summed E-state index contributed by atoms with van der Waals surface area (Å²) in [6, 6.07) is 9.78. The molecule has 0 bridgehead atoms. The van der Waals surface area contributed by atoms with Crippen LogP contribution in [-0.4, -0.2) is 5.11 Å². The van der Waals surface area contributed by atoms with Crippen LogP contribution in [0.5, 0.6) is 0 Å². The van der Waals surface area contributed by atoms with Gasteiger partial charge in [-0.3, -0.25) is 0 Å². The van der Waals surface area contributed by atoms with E-state index in [1.54, 1.807) is 6.07 Å². The average molecular weight is 439 g/mol. The standard InChI is InChI=1S/C13H8Br3FO/c14-7-1-4-11(15)10(5-7)13(18)9-3-2-8(17)6-12(9)16/h1-6,13,18H. The molecule has 0 fully saturated rings. The first-order valence-corrected chi connectivity index (χ1v) is 7.45. The SMILES string of the molecule is OC(c1ccc(F)cc1Br)c1cc(Br)ccc1Br. The molecule has 2 aromatic carbocycles. The van der Waals surface area contributed by atoms with Crippen LogP contribution in [0.15, 0.2) is 49.8 Å². The van der Waals surface area contributed by atoms with Crippen molar-refractivity contribution in [3.63, 3.8) is 0 Å². The largest absolute Gasteiger partial charge is 0.384 e. The van der Waals surface area contributed by atoms with Gasteiger partial charge in [-0.05, 0) is 35.9 Å². The summed E-state index contributed by atoms with van der Waals surface area (Å²) in [5, 5.41) is 10.4. The fourth-order valence-electron chi connectivity index (χ4n) is 1.61. The first-order chi connectivity index (χ1) is 8.49. The highest BCUT2D eigenvalue weighted by Crippen LogP contribution is 2.34. The third kappa shape index (κ3) is 3.02. The second kappa shape index (κ2) is 5.82. The lowest BCUT2D eigenvalue weighted by Gasteiger charge is -2.15. The van der Waals surface area contributed by atoms with Crippen LogP contribution >= 0.6 is 47.8 Å². The Morgan fingerprint density at radius 3 is 2.28 bits per heavy atom. The zero-order valence-electron chi connectivity index (χ0n) is 9.00. The van der Waals surface area contributed by atoms with Crippen molar-refractivity contribution in [1.29, 1.82) is 0 Å². The number of halogens is 4. The smallest absolute Gasteiger partial charge is 0.124 e. The molecule has 0 saturated heterocycles. The van der Waals surface area contributed by atoms with Crippen molar-refractivity contribution in [2.24, 2.45) is 0 Å². The van der Waals surface area contributed by atoms with E-state index in [9.17, 15) is 9.50 Å². The average Bonchev–Trinajstić information content (AvgIpc) is 2.31. The summed E-state index contributed by atoms with van der Waals surface area (Å²) in [5.74, 6) is -0.342. The lowest BCUT2D eigenvalue weighted by molar-refractivity contribution is 0.218. The molecule has 0 aliphatic heterocycles. The number of hydrogen-bond acceptors (Lipinski definition) is 1. The second-order valence-corrected chi connectivity index (χ2v) is 6.36. The Kier molecular flexibility index (Phi) is 4.59. The van der Waals surface area contributed by atoms with E-state index in [2.05, 4.69) is 47.8 Å². The highest BCUT2D eigenvalue weighted by Gasteiger charge is 2.17. The summed E-state index contributed by atoms with van der Waals surface area (Å²) in [6.07, 6.45) is -0.827. The van der Waals surface area contributed by atoms with Gasteiger partial charge in [-0.15, -0.1) is 0 Å². The van der Waals surface area contributed by atoms with E-state index in [1.807, 2.05) is 18.2 Å². The summed E-state index contributed by atoms with van der Waals surface area (Å²) in [5.41, 5.74) is 1.34. The van der Waals surface area contributed by atoms with E-state index >= 15 is 0 Å². The van der Waals surface area contributed by atoms with Crippen LogP contribution in [0.1, 0.15) is 17.2 Å². The molecule has 2 rings (SSSR count). The van der Waals surface area contributed by atoms with Crippen molar-refractivity contribution < 1.29 is 9.50 Å². The van der Waals surface area contributed by atoms with Crippen LogP contribution in [0.3, 0.4) is 0 Å². The lowest BCUT2D eigenvalue weighted by atomic mass is 10.0. The van der Waals surface area contributed by atoms with Gasteiger partial charge in [-0.1, -0.05) is 53.9 Å². The lowest BCUT2D eigenvalue weighted by Crippen LogP contribution is -2.02. The molecule has 94 valence electrons. The van der Waals surface area contributed by atoms with E-state index in [1.165, 1.54) is 12.1 Å². The Hall–Kier alpha value is -0.230. The summed E-state index contributed by atoms with van der Waals surface area (Å²) in [6.45, 7) is 0. The zero-order valence-corrected chi connectivity index (χ0v) is 13.8. The minimum Gasteiger partial charge on any atom is -0.384 e. The number of aliphatic hydroxyl groups excluding tert-OH is 1. The Balaban J connectivity index is 2.47. The molecule has 5 heteroatoms. The highest BCUT2D eigenvalue weighted by molar-refractivity contribution is 9.11. The van der Waals surface area contributed by atoms with Gasteiger partial charge in [0.25, 0.3) is 0 Å². The molecule has 0 spiro atoms. The first-order valence-electron chi connectivity index (χ1n) is 5.07. The number of rotatable bonds is 2. The summed E-state index contributed by atoms with van der Waals surface area (Å²) >= 11 is 10.0. The normalized spacial score (nSPS) is 12.5. The molecular formula is C13H8Br3FO.